The van der Waals surface area contributed by atoms with Crippen LogP contribution in [0.1, 0.15) is 44.1 Å². The maximum Gasteiger partial charge on any atom is 0.237 e. The van der Waals surface area contributed by atoms with Crippen LogP contribution in [0.25, 0.3) is 0 Å². The molecule has 1 aromatic rings. The lowest BCUT2D eigenvalue weighted by molar-refractivity contribution is -0.138. The van der Waals surface area contributed by atoms with E-state index in [1.165, 1.54) is 4.90 Å². The lowest BCUT2D eigenvalue weighted by Gasteiger charge is -2.14. The molecule has 0 aliphatic carbocycles. The lowest BCUT2D eigenvalue weighted by atomic mass is 9.98. The van der Waals surface area contributed by atoms with Gasteiger partial charge in [0.2, 0.25) is 11.8 Å². The molecule has 96 valence electrons. The summed E-state index contributed by atoms with van der Waals surface area (Å²) in [5, 5.41) is 0. The minimum atomic E-state index is -0.264. The van der Waals surface area contributed by atoms with Crippen LogP contribution in [0.3, 0.4) is 0 Å². The Morgan fingerprint density at radius 1 is 1.17 bits per heavy atom. The van der Waals surface area contributed by atoms with Gasteiger partial charge in [0.15, 0.2) is 0 Å². The van der Waals surface area contributed by atoms with E-state index in [1.54, 1.807) is 0 Å². The number of imide groups is 1. The van der Waals surface area contributed by atoms with Crippen molar-refractivity contribution < 1.29 is 9.59 Å². The molecule has 1 aliphatic heterocycles. The summed E-state index contributed by atoms with van der Waals surface area (Å²) in [6, 6.07) is 9.58. The van der Waals surface area contributed by atoms with Gasteiger partial charge in [0.25, 0.3) is 0 Å². The van der Waals surface area contributed by atoms with Crippen molar-refractivity contribution in [2.75, 3.05) is 6.54 Å². The number of unbranched alkanes of at least 4 members (excludes halogenated alkanes) is 2. The molecule has 0 spiro atoms. The highest BCUT2D eigenvalue weighted by Crippen LogP contribution is 2.29. The molecule has 0 saturated carbocycles. The van der Waals surface area contributed by atoms with Gasteiger partial charge < -0.3 is 0 Å². The quantitative estimate of drug-likeness (QED) is 0.591. The molecule has 0 bridgehead atoms. The molecular formula is C15H19NO2. The number of carbonyl (C=O) groups is 2. The second-order valence-electron chi connectivity index (χ2n) is 4.76. The van der Waals surface area contributed by atoms with Gasteiger partial charge in [-0.2, -0.15) is 0 Å². The highest BCUT2D eigenvalue weighted by atomic mass is 16.2. The third-order valence-electron chi connectivity index (χ3n) is 3.43. The van der Waals surface area contributed by atoms with Crippen LogP contribution in [-0.2, 0) is 9.59 Å². The van der Waals surface area contributed by atoms with Crippen LogP contribution < -0.4 is 0 Å². The number of amides is 2. The van der Waals surface area contributed by atoms with Gasteiger partial charge in [-0.1, -0.05) is 50.1 Å². The van der Waals surface area contributed by atoms with E-state index in [2.05, 4.69) is 6.92 Å². The van der Waals surface area contributed by atoms with Crippen molar-refractivity contribution in [2.24, 2.45) is 0 Å². The lowest BCUT2D eigenvalue weighted by Crippen LogP contribution is -2.31. The second-order valence-corrected chi connectivity index (χ2v) is 4.76. The number of hydrogen-bond donors (Lipinski definition) is 0. The summed E-state index contributed by atoms with van der Waals surface area (Å²) in [7, 11) is 0. The van der Waals surface area contributed by atoms with Crippen LogP contribution in [-0.4, -0.2) is 23.3 Å². The Balaban J connectivity index is 2.05. The zero-order chi connectivity index (χ0) is 13.0. The first-order chi connectivity index (χ1) is 8.74. The van der Waals surface area contributed by atoms with E-state index in [0.717, 1.165) is 24.8 Å². The van der Waals surface area contributed by atoms with Crippen LogP contribution in [0.5, 0.6) is 0 Å². The van der Waals surface area contributed by atoms with Gasteiger partial charge in [0.1, 0.15) is 0 Å². The molecule has 2 amide bonds. The number of nitrogens with zero attached hydrogens (tertiary/aromatic N) is 1. The molecule has 2 rings (SSSR count). The van der Waals surface area contributed by atoms with E-state index in [0.29, 0.717) is 13.0 Å². The van der Waals surface area contributed by atoms with E-state index in [4.69, 9.17) is 0 Å². The normalized spacial score (nSPS) is 19.6. The molecule has 1 heterocycles. The van der Waals surface area contributed by atoms with E-state index in [1.807, 2.05) is 30.3 Å². The average molecular weight is 245 g/mol. The summed E-state index contributed by atoms with van der Waals surface area (Å²) in [5.41, 5.74) is 0.953. The van der Waals surface area contributed by atoms with E-state index >= 15 is 0 Å². The summed E-state index contributed by atoms with van der Waals surface area (Å²) in [6.45, 7) is 2.69. The molecule has 1 atom stereocenters. The monoisotopic (exact) mass is 245 g/mol. The van der Waals surface area contributed by atoms with Crippen molar-refractivity contribution in [1.29, 1.82) is 0 Å². The molecule has 3 nitrogen and oxygen atoms in total. The summed E-state index contributed by atoms with van der Waals surface area (Å²) in [4.78, 5) is 25.5. The van der Waals surface area contributed by atoms with Gasteiger partial charge in [-0.25, -0.2) is 0 Å². The topological polar surface area (TPSA) is 37.4 Å². The number of carbonyl (C=O) groups excluding carboxylic acids is 2. The van der Waals surface area contributed by atoms with Crippen molar-refractivity contribution in [1.82, 2.24) is 4.90 Å². The highest BCUT2D eigenvalue weighted by Gasteiger charge is 2.38. The molecule has 18 heavy (non-hydrogen) atoms. The Hall–Kier alpha value is -1.64. The van der Waals surface area contributed by atoms with Crippen LogP contribution in [0, 0.1) is 0 Å². The van der Waals surface area contributed by atoms with Crippen molar-refractivity contribution in [3.63, 3.8) is 0 Å². The van der Waals surface area contributed by atoms with Crippen LogP contribution in [0.15, 0.2) is 30.3 Å². The van der Waals surface area contributed by atoms with Crippen LogP contribution in [0.4, 0.5) is 0 Å². The van der Waals surface area contributed by atoms with Gasteiger partial charge in [-0.3, -0.25) is 14.5 Å². The predicted octanol–water partition coefficient (Wildman–Crippen LogP) is 2.72. The fourth-order valence-electron chi connectivity index (χ4n) is 2.38. The van der Waals surface area contributed by atoms with Crippen molar-refractivity contribution in [2.45, 2.75) is 38.5 Å². The maximum atomic E-state index is 12.2. The predicted molar refractivity (Wildman–Crippen MR) is 70.0 cm³/mol. The average Bonchev–Trinajstić information content (AvgIpc) is 2.68. The molecule has 1 aliphatic rings. The van der Waals surface area contributed by atoms with Gasteiger partial charge >= 0.3 is 0 Å². The molecule has 1 unspecified atom stereocenters. The standard InChI is InChI=1S/C15H19NO2/c1-2-3-7-10-16-14(17)11-13(15(16)18)12-8-5-4-6-9-12/h4-6,8-9,13H,2-3,7,10-11H2,1H3. The van der Waals surface area contributed by atoms with Gasteiger partial charge in [0.05, 0.1) is 5.92 Å². The first kappa shape index (κ1) is 12.8. The van der Waals surface area contributed by atoms with Crippen LogP contribution in [0.2, 0.25) is 0 Å². The van der Waals surface area contributed by atoms with Crippen molar-refractivity contribution >= 4 is 11.8 Å². The minimum absolute atomic E-state index is 0.0232. The van der Waals surface area contributed by atoms with E-state index < -0.39 is 0 Å². The van der Waals surface area contributed by atoms with Crippen molar-refractivity contribution in [3.05, 3.63) is 35.9 Å². The highest BCUT2D eigenvalue weighted by molar-refractivity contribution is 6.06. The fourth-order valence-corrected chi connectivity index (χ4v) is 2.38. The van der Waals surface area contributed by atoms with Gasteiger partial charge in [0, 0.05) is 13.0 Å². The third kappa shape index (κ3) is 2.61. The zero-order valence-corrected chi connectivity index (χ0v) is 10.8. The Bertz CT molecular complexity index is 427. The first-order valence-corrected chi connectivity index (χ1v) is 6.63. The minimum Gasteiger partial charge on any atom is -0.282 e. The number of likely N-dealkylation sites (tertiary alicyclic amines) is 1. The molecule has 1 aromatic carbocycles. The summed E-state index contributed by atoms with van der Waals surface area (Å²) in [6.07, 6.45) is 3.40. The molecule has 0 aromatic heterocycles. The number of hydrogen-bond acceptors (Lipinski definition) is 2. The van der Waals surface area contributed by atoms with Gasteiger partial charge in [-0.05, 0) is 12.0 Å². The molecule has 1 saturated heterocycles. The second kappa shape index (κ2) is 5.80. The van der Waals surface area contributed by atoms with Crippen molar-refractivity contribution in [3.8, 4) is 0 Å². The molecule has 3 heteroatoms. The number of rotatable bonds is 5. The van der Waals surface area contributed by atoms with Gasteiger partial charge in [-0.15, -0.1) is 0 Å². The number of benzene rings is 1. The Morgan fingerprint density at radius 3 is 2.56 bits per heavy atom. The molecule has 0 radical (unpaired) electrons. The maximum absolute atomic E-state index is 12.2. The SMILES string of the molecule is CCCCCN1C(=O)CC(c2ccccc2)C1=O. The van der Waals surface area contributed by atoms with E-state index in [9.17, 15) is 9.59 Å². The first-order valence-electron chi connectivity index (χ1n) is 6.63. The summed E-state index contributed by atoms with van der Waals surface area (Å²) < 4.78 is 0. The molecule has 0 N–H and O–H groups in total. The smallest absolute Gasteiger partial charge is 0.237 e. The Labute approximate surface area is 108 Å². The Morgan fingerprint density at radius 2 is 1.89 bits per heavy atom. The summed E-state index contributed by atoms with van der Waals surface area (Å²) >= 11 is 0. The fraction of sp³-hybridized carbons (Fsp3) is 0.467. The third-order valence-corrected chi connectivity index (χ3v) is 3.43. The largest absolute Gasteiger partial charge is 0.282 e. The molecular weight excluding hydrogens is 226 g/mol. The van der Waals surface area contributed by atoms with Crippen LogP contribution >= 0.6 is 0 Å². The summed E-state index contributed by atoms with van der Waals surface area (Å²) in [5.74, 6) is -0.312. The Kier molecular flexibility index (Phi) is 4.13. The molecule has 1 fully saturated rings. The van der Waals surface area contributed by atoms with E-state index in [-0.39, 0.29) is 17.7 Å². The zero-order valence-electron chi connectivity index (χ0n) is 10.8.